The first kappa shape index (κ1) is 15.4. The Balaban J connectivity index is 0.00000144. The van der Waals surface area contributed by atoms with E-state index in [9.17, 15) is 5.11 Å². The van der Waals surface area contributed by atoms with Crippen molar-refractivity contribution in [3.05, 3.63) is 18.1 Å². The fraction of sp³-hybridized carbons (Fsp3) is 0.800. The van der Waals surface area contributed by atoms with E-state index in [0.717, 1.165) is 18.4 Å². The van der Waals surface area contributed by atoms with Crippen molar-refractivity contribution in [2.75, 3.05) is 0 Å². The molecule has 0 aromatic heterocycles. The van der Waals surface area contributed by atoms with Crippen molar-refractivity contribution in [3.8, 4) is 0 Å². The van der Waals surface area contributed by atoms with E-state index in [2.05, 4.69) is 20.8 Å². The minimum atomic E-state index is -0.772. The Hall–Kier alpha value is 0.310. The van der Waals surface area contributed by atoms with E-state index in [4.69, 9.17) is 6.58 Å². The van der Waals surface area contributed by atoms with E-state index < -0.39 is 5.60 Å². The van der Waals surface area contributed by atoms with Gasteiger partial charge in [-0.2, -0.15) is 5.57 Å². The SMILES string of the molecule is [Au+].[CH-]=C1C[C+]2C(C)(C)CCC[C@@]2(C)C[C@@]1(C)O. The van der Waals surface area contributed by atoms with E-state index in [1.165, 1.54) is 19.3 Å². The minimum Gasteiger partial charge on any atom is -0.507 e. The Bertz CT molecular complexity index is 319. The van der Waals surface area contributed by atoms with Crippen LogP contribution in [0.3, 0.4) is 0 Å². The van der Waals surface area contributed by atoms with Crippen LogP contribution in [0.4, 0.5) is 0 Å². The van der Waals surface area contributed by atoms with Gasteiger partial charge in [-0.15, -0.1) is 0 Å². The van der Waals surface area contributed by atoms with Gasteiger partial charge in [-0.25, -0.2) is 0 Å². The molecule has 1 nitrogen and oxygen atoms in total. The Morgan fingerprint density at radius 2 is 1.76 bits per heavy atom. The average Bonchev–Trinajstić information content (AvgIpc) is 2.08. The van der Waals surface area contributed by atoms with Crippen LogP contribution in [0.2, 0.25) is 0 Å². The van der Waals surface area contributed by atoms with Gasteiger partial charge < -0.3 is 11.7 Å². The van der Waals surface area contributed by atoms with Crippen LogP contribution >= 0.6 is 0 Å². The van der Waals surface area contributed by atoms with E-state index >= 15 is 0 Å². The van der Waals surface area contributed by atoms with Gasteiger partial charge in [0, 0.05) is 6.42 Å². The van der Waals surface area contributed by atoms with Gasteiger partial charge in [0.1, 0.15) is 16.7 Å². The molecule has 0 saturated heterocycles. The smallest absolute Gasteiger partial charge is 0.507 e. The largest absolute Gasteiger partial charge is 1.00 e. The average molecular weight is 417 g/mol. The molecule has 0 spiro atoms. The molecule has 2 aliphatic rings. The molecule has 17 heavy (non-hydrogen) atoms. The van der Waals surface area contributed by atoms with Crippen molar-refractivity contribution in [3.63, 3.8) is 0 Å². The Morgan fingerprint density at radius 1 is 1.18 bits per heavy atom. The van der Waals surface area contributed by atoms with E-state index in [1.807, 2.05) is 6.92 Å². The summed E-state index contributed by atoms with van der Waals surface area (Å²) in [6, 6.07) is 0. The molecule has 2 aliphatic carbocycles. The summed E-state index contributed by atoms with van der Waals surface area (Å²) >= 11 is 0. The fourth-order valence-corrected chi connectivity index (χ4v) is 3.94. The first-order chi connectivity index (χ1) is 7.17. The second-order valence-electron chi connectivity index (χ2n) is 6.93. The minimum absolute atomic E-state index is 0. The maximum Gasteiger partial charge on any atom is 1.00 e. The Morgan fingerprint density at radius 3 is 2.35 bits per heavy atom. The van der Waals surface area contributed by atoms with Crippen LogP contribution < -0.4 is 0 Å². The number of rotatable bonds is 0. The summed E-state index contributed by atoms with van der Waals surface area (Å²) in [5.74, 6) is 1.57. The molecule has 1 N–H and O–H groups in total. The molecular weight excluding hydrogens is 393 g/mol. The van der Waals surface area contributed by atoms with Gasteiger partial charge >= 0.3 is 22.4 Å². The van der Waals surface area contributed by atoms with Crippen LogP contribution in [0.15, 0.2) is 5.57 Å². The molecule has 2 saturated carbocycles. The van der Waals surface area contributed by atoms with Crippen molar-refractivity contribution < 1.29 is 27.5 Å². The summed E-state index contributed by atoms with van der Waals surface area (Å²) in [5.41, 5.74) is 0.462. The summed E-state index contributed by atoms with van der Waals surface area (Å²) in [4.78, 5) is 0. The van der Waals surface area contributed by atoms with Gasteiger partial charge in [-0.3, -0.25) is 0 Å². The predicted octanol–water partition coefficient (Wildman–Crippen LogP) is 3.68. The molecule has 0 bridgehead atoms. The van der Waals surface area contributed by atoms with Gasteiger partial charge in [0.2, 0.25) is 0 Å². The summed E-state index contributed by atoms with van der Waals surface area (Å²) in [7, 11) is 0. The summed E-state index contributed by atoms with van der Waals surface area (Å²) in [6.07, 6.45) is 5.34. The predicted molar refractivity (Wildman–Crippen MR) is 66.7 cm³/mol. The Labute approximate surface area is 122 Å². The van der Waals surface area contributed by atoms with E-state index in [0.29, 0.717) is 0 Å². The second-order valence-corrected chi connectivity index (χ2v) is 6.93. The topological polar surface area (TPSA) is 20.2 Å². The standard InChI is InChI=1S/C15H24O.Au/c1-11-9-12-13(2,3)7-6-8-14(12,4)10-15(11,5)16;/h1,16H,6-10H2,2-5H3;/q;+1/t14-,15+;/m0./s1. The van der Waals surface area contributed by atoms with Crippen LogP contribution in [-0.4, -0.2) is 10.7 Å². The van der Waals surface area contributed by atoms with E-state index in [1.54, 1.807) is 5.92 Å². The zero-order chi connectivity index (χ0) is 12.2. The molecule has 2 rings (SSSR count). The van der Waals surface area contributed by atoms with Gasteiger partial charge in [-0.05, 0) is 47.0 Å². The number of aliphatic hydroxyl groups is 1. The van der Waals surface area contributed by atoms with Crippen LogP contribution in [0.25, 0.3) is 0 Å². The van der Waals surface area contributed by atoms with Gasteiger partial charge in [0.15, 0.2) is 0 Å². The molecule has 0 aromatic rings. The van der Waals surface area contributed by atoms with Crippen molar-refractivity contribution in [2.24, 2.45) is 10.8 Å². The maximum atomic E-state index is 10.3. The van der Waals surface area contributed by atoms with Crippen molar-refractivity contribution in [1.82, 2.24) is 0 Å². The second kappa shape index (κ2) is 4.45. The van der Waals surface area contributed by atoms with E-state index in [-0.39, 0.29) is 33.2 Å². The van der Waals surface area contributed by atoms with Crippen LogP contribution in [0.1, 0.15) is 59.8 Å². The molecule has 0 amide bonds. The van der Waals surface area contributed by atoms with Gasteiger partial charge in [0.25, 0.3) is 0 Å². The van der Waals surface area contributed by atoms with Crippen molar-refractivity contribution in [2.45, 2.75) is 65.4 Å². The summed E-state index contributed by atoms with van der Waals surface area (Å²) in [6.45, 7) is 14.9. The monoisotopic (exact) mass is 417 g/mol. The molecule has 2 heteroatoms. The van der Waals surface area contributed by atoms with Crippen molar-refractivity contribution >= 4 is 0 Å². The molecule has 0 radical (unpaired) electrons. The first-order valence-electron chi connectivity index (χ1n) is 6.38. The number of fused-ring (bicyclic) bond motifs is 1. The first-order valence-corrected chi connectivity index (χ1v) is 6.38. The van der Waals surface area contributed by atoms with Gasteiger partial charge in [0.05, 0.1) is 12.0 Å². The van der Waals surface area contributed by atoms with Crippen LogP contribution in [0.5, 0.6) is 0 Å². The fourth-order valence-electron chi connectivity index (χ4n) is 3.94. The zero-order valence-corrected chi connectivity index (χ0v) is 13.5. The van der Waals surface area contributed by atoms with Crippen LogP contribution in [-0.2, 0) is 22.4 Å². The summed E-state index contributed by atoms with van der Waals surface area (Å²) < 4.78 is 0. The van der Waals surface area contributed by atoms with Crippen LogP contribution in [0, 0.1) is 23.3 Å². The quantitative estimate of drug-likeness (QED) is 0.471. The Kier molecular flexibility index (Phi) is 4.02. The summed E-state index contributed by atoms with van der Waals surface area (Å²) in [5, 5.41) is 10.3. The maximum absolute atomic E-state index is 10.3. The molecule has 0 aromatic carbocycles. The van der Waals surface area contributed by atoms with Crippen molar-refractivity contribution in [1.29, 1.82) is 0 Å². The third kappa shape index (κ3) is 2.53. The molecule has 0 heterocycles. The molecule has 100 valence electrons. The third-order valence-corrected chi connectivity index (χ3v) is 4.87. The number of hydrogen-bond donors (Lipinski definition) is 1. The molecular formula is C15H24AuO+. The normalized spacial score (nSPS) is 40.5. The molecule has 2 fully saturated rings. The van der Waals surface area contributed by atoms with Gasteiger partial charge in [-0.1, -0.05) is 0 Å². The molecule has 2 atom stereocenters. The number of hydrogen-bond acceptors (Lipinski definition) is 1. The molecule has 0 unspecified atom stereocenters. The third-order valence-electron chi connectivity index (χ3n) is 4.87. The zero-order valence-electron chi connectivity index (χ0n) is 11.4. The molecule has 0 aliphatic heterocycles.